The van der Waals surface area contributed by atoms with E-state index in [1.807, 2.05) is 62.4 Å². The first kappa shape index (κ1) is 22.9. The van der Waals surface area contributed by atoms with Crippen LogP contribution in [0.15, 0.2) is 72.3 Å². The molecule has 162 valence electrons. The SMILES string of the molecule is CCOc1cc(/C=C(/C#N)C(=O)Nc2cccc(C)c2)ccc1OCc1ccccc1Cl. The van der Waals surface area contributed by atoms with Crippen LogP contribution in [0, 0.1) is 18.3 Å². The van der Waals surface area contributed by atoms with E-state index in [0.717, 1.165) is 11.1 Å². The Morgan fingerprint density at radius 2 is 1.88 bits per heavy atom. The van der Waals surface area contributed by atoms with Gasteiger partial charge < -0.3 is 14.8 Å². The summed E-state index contributed by atoms with van der Waals surface area (Å²) in [4.78, 5) is 12.6. The molecule has 3 rings (SSSR count). The van der Waals surface area contributed by atoms with Crippen molar-refractivity contribution < 1.29 is 14.3 Å². The van der Waals surface area contributed by atoms with Gasteiger partial charge in [0.2, 0.25) is 0 Å². The zero-order chi connectivity index (χ0) is 22.9. The maximum absolute atomic E-state index is 12.6. The van der Waals surface area contributed by atoms with Crippen LogP contribution in [-0.2, 0) is 11.4 Å². The van der Waals surface area contributed by atoms with E-state index in [2.05, 4.69) is 5.32 Å². The van der Waals surface area contributed by atoms with Gasteiger partial charge in [0.25, 0.3) is 5.91 Å². The third-order valence-corrected chi connectivity index (χ3v) is 4.93. The lowest BCUT2D eigenvalue weighted by molar-refractivity contribution is -0.112. The number of nitrogens with one attached hydrogen (secondary N) is 1. The summed E-state index contributed by atoms with van der Waals surface area (Å²) >= 11 is 6.20. The summed E-state index contributed by atoms with van der Waals surface area (Å²) in [7, 11) is 0. The summed E-state index contributed by atoms with van der Waals surface area (Å²) in [6.07, 6.45) is 1.52. The van der Waals surface area contributed by atoms with Crippen LogP contribution in [0.1, 0.15) is 23.6 Å². The van der Waals surface area contributed by atoms with Gasteiger partial charge >= 0.3 is 0 Å². The second-order valence-electron chi connectivity index (χ2n) is 7.01. The number of amides is 1. The van der Waals surface area contributed by atoms with Crippen molar-refractivity contribution in [2.45, 2.75) is 20.5 Å². The van der Waals surface area contributed by atoms with Crippen LogP contribution >= 0.6 is 11.6 Å². The summed E-state index contributed by atoms with van der Waals surface area (Å²) in [5.74, 6) is 0.589. The lowest BCUT2D eigenvalue weighted by Gasteiger charge is -2.13. The Balaban J connectivity index is 1.79. The number of anilines is 1. The van der Waals surface area contributed by atoms with Gasteiger partial charge in [-0.05, 0) is 61.4 Å². The molecule has 6 heteroatoms. The second kappa shape index (κ2) is 11.0. The Morgan fingerprint density at radius 3 is 2.59 bits per heavy atom. The highest BCUT2D eigenvalue weighted by Gasteiger charge is 2.12. The van der Waals surface area contributed by atoms with Crippen molar-refractivity contribution in [1.82, 2.24) is 0 Å². The molecule has 0 bridgehead atoms. The highest BCUT2D eigenvalue weighted by atomic mass is 35.5. The average molecular weight is 447 g/mol. The molecular formula is C26H23ClN2O3. The molecular weight excluding hydrogens is 424 g/mol. The standard InChI is InChI=1S/C26H23ClN2O3/c1-3-31-25-15-19(11-12-24(25)32-17-20-8-4-5-10-23(20)27)14-21(16-28)26(30)29-22-9-6-7-18(2)13-22/h4-15H,3,17H2,1-2H3,(H,29,30)/b21-14-. The molecule has 0 radical (unpaired) electrons. The van der Waals surface area contributed by atoms with Gasteiger partial charge in [-0.25, -0.2) is 0 Å². The number of benzene rings is 3. The molecule has 0 aliphatic rings. The minimum atomic E-state index is -0.477. The lowest BCUT2D eigenvalue weighted by Crippen LogP contribution is -2.13. The zero-order valence-corrected chi connectivity index (χ0v) is 18.6. The number of hydrogen-bond acceptors (Lipinski definition) is 4. The predicted octanol–water partition coefficient (Wildman–Crippen LogP) is 6.17. The number of hydrogen-bond donors (Lipinski definition) is 1. The fraction of sp³-hybridized carbons (Fsp3) is 0.154. The number of ether oxygens (including phenoxy) is 2. The monoisotopic (exact) mass is 446 g/mol. The normalized spacial score (nSPS) is 10.9. The van der Waals surface area contributed by atoms with Gasteiger partial charge in [-0.3, -0.25) is 4.79 Å². The topological polar surface area (TPSA) is 71.3 Å². The van der Waals surface area contributed by atoms with Gasteiger partial charge in [0.1, 0.15) is 18.2 Å². The number of carbonyl (C=O) groups is 1. The van der Waals surface area contributed by atoms with Crippen molar-refractivity contribution in [1.29, 1.82) is 5.26 Å². The fourth-order valence-electron chi connectivity index (χ4n) is 3.01. The third-order valence-electron chi connectivity index (χ3n) is 4.56. The molecule has 5 nitrogen and oxygen atoms in total. The van der Waals surface area contributed by atoms with Gasteiger partial charge in [-0.1, -0.05) is 48.0 Å². The molecule has 0 fully saturated rings. The summed E-state index contributed by atoms with van der Waals surface area (Å²) < 4.78 is 11.6. The number of carbonyl (C=O) groups excluding carboxylic acids is 1. The molecule has 1 amide bonds. The molecule has 3 aromatic carbocycles. The Labute approximate surface area is 192 Å². The summed E-state index contributed by atoms with van der Waals surface area (Å²) in [5.41, 5.74) is 3.14. The van der Waals surface area contributed by atoms with Crippen LogP contribution in [-0.4, -0.2) is 12.5 Å². The highest BCUT2D eigenvalue weighted by molar-refractivity contribution is 6.31. The number of halogens is 1. The molecule has 0 aliphatic heterocycles. The molecule has 0 saturated heterocycles. The van der Waals surface area contributed by atoms with Crippen LogP contribution < -0.4 is 14.8 Å². The van der Waals surface area contributed by atoms with Gasteiger partial charge in [0.15, 0.2) is 11.5 Å². The number of aryl methyl sites for hydroxylation is 1. The highest BCUT2D eigenvalue weighted by Crippen LogP contribution is 2.31. The molecule has 0 unspecified atom stereocenters. The minimum absolute atomic E-state index is 0.0151. The first-order valence-electron chi connectivity index (χ1n) is 10.1. The van der Waals surface area contributed by atoms with Crippen LogP contribution in [0.4, 0.5) is 5.69 Å². The summed E-state index contributed by atoms with van der Waals surface area (Å²) in [5, 5.41) is 12.9. The molecule has 0 aromatic heterocycles. The Kier molecular flexibility index (Phi) is 7.91. The van der Waals surface area contributed by atoms with E-state index in [-0.39, 0.29) is 12.2 Å². The molecule has 0 saturated carbocycles. The van der Waals surface area contributed by atoms with E-state index in [0.29, 0.717) is 34.4 Å². The largest absolute Gasteiger partial charge is 0.490 e. The molecule has 0 atom stereocenters. The molecule has 0 aliphatic carbocycles. The van der Waals surface area contributed by atoms with Crippen molar-refractivity contribution in [3.05, 3.63) is 94.0 Å². The first-order chi connectivity index (χ1) is 15.5. The maximum atomic E-state index is 12.6. The fourth-order valence-corrected chi connectivity index (χ4v) is 3.20. The summed E-state index contributed by atoms with van der Waals surface area (Å²) in [6.45, 7) is 4.53. The van der Waals surface area contributed by atoms with Crippen molar-refractivity contribution >= 4 is 29.3 Å². The van der Waals surface area contributed by atoms with Crippen LogP contribution in [0.3, 0.4) is 0 Å². The van der Waals surface area contributed by atoms with Gasteiger partial charge in [0, 0.05) is 16.3 Å². The summed E-state index contributed by atoms with van der Waals surface area (Å²) in [6, 6.07) is 22.1. The quantitative estimate of drug-likeness (QED) is 0.331. The van der Waals surface area contributed by atoms with E-state index >= 15 is 0 Å². The van der Waals surface area contributed by atoms with Crippen molar-refractivity contribution in [2.24, 2.45) is 0 Å². The second-order valence-corrected chi connectivity index (χ2v) is 7.42. The Hall–Kier alpha value is -3.75. The van der Waals surface area contributed by atoms with E-state index in [1.165, 1.54) is 6.08 Å². The Morgan fingerprint density at radius 1 is 1.06 bits per heavy atom. The molecule has 3 aromatic rings. The van der Waals surface area contributed by atoms with Gasteiger partial charge in [-0.2, -0.15) is 5.26 Å². The number of nitrogens with zero attached hydrogens (tertiary/aromatic N) is 1. The van der Waals surface area contributed by atoms with Crippen LogP contribution in [0.2, 0.25) is 5.02 Å². The minimum Gasteiger partial charge on any atom is -0.490 e. The zero-order valence-electron chi connectivity index (χ0n) is 17.9. The van der Waals surface area contributed by atoms with Crippen LogP contribution in [0.5, 0.6) is 11.5 Å². The van der Waals surface area contributed by atoms with E-state index in [4.69, 9.17) is 21.1 Å². The van der Waals surface area contributed by atoms with E-state index in [9.17, 15) is 10.1 Å². The van der Waals surface area contributed by atoms with Crippen molar-refractivity contribution in [2.75, 3.05) is 11.9 Å². The van der Waals surface area contributed by atoms with Crippen molar-refractivity contribution in [3.63, 3.8) is 0 Å². The van der Waals surface area contributed by atoms with Crippen molar-refractivity contribution in [3.8, 4) is 17.6 Å². The number of rotatable bonds is 8. The average Bonchev–Trinajstić information content (AvgIpc) is 2.78. The van der Waals surface area contributed by atoms with Gasteiger partial charge in [-0.15, -0.1) is 0 Å². The number of nitriles is 1. The van der Waals surface area contributed by atoms with E-state index < -0.39 is 5.91 Å². The smallest absolute Gasteiger partial charge is 0.266 e. The molecule has 32 heavy (non-hydrogen) atoms. The van der Waals surface area contributed by atoms with E-state index in [1.54, 1.807) is 24.3 Å². The Bertz CT molecular complexity index is 1180. The van der Waals surface area contributed by atoms with Crippen LogP contribution in [0.25, 0.3) is 6.08 Å². The van der Waals surface area contributed by atoms with Gasteiger partial charge in [0.05, 0.1) is 6.61 Å². The lowest BCUT2D eigenvalue weighted by atomic mass is 10.1. The first-order valence-corrected chi connectivity index (χ1v) is 10.5. The predicted molar refractivity (Wildman–Crippen MR) is 127 cm³/mol. The molecule has 0 heterocycles. The molecule has 1 N–H and O–H groups in total. The molecule has 0 spiro atoms. The third kappa shape index (κ3) is 6.13. The maximum Gasteiger partial charge on any atom is 0.266 e.